The molecule has 1 aliphatic heterocycles. The third kappa shape index (κ3) is 6.75. The van der Waals surface area contributed by atoms with Crippen LogP contribution >= 0.6 is 22.6 Å². The van der Waals surface area contributed by atoms with Gasteiger partial charge in [-0.1, -0.05) is 30.3 Å². The fraction of sp³-hybridized carbons (Fsp3) is 0.480. The molecule has 7 heteroatoms. The molecule has 6 nitrogen and oxygen atoms in total. The molecule has 174 valence electrons. The number of piperazine rings is 1. The van der Waals surface area contributed by atoms with Crippen molar-refractivity contribution in [3.05, 3.63) is 57.2 Å². The molecule has 1 fully saturated rings. The van der Waals surface area contributed by atoms with Gasteiger partial charge in [0.15, 0.2) is 11.5 Å². The first kappa shape index (κ1) is 24.6. The van der Waals surface area contributed by atoms with E-state index in [0.717, 1.165) is 45.8 Å². The van der Waals surface area contributed by atoms with Gasteiger partial charge in [0.2, 0.25) is 0 Å². The highest BCUT2D eigenvalue weighted by Gasteiger charge is 2.31. The maximum atomic E-state index is 12.5. The second-order valence-corrected chi connectivity index (χ2v) is 10.3. The summed E-state index contributed by atoms with van der Waals surface area (Å²) >= 11 is 2.31. The Morgan fingerprint density at radius 1 is 1.12 bits per heavy atom. The Morgan fingerprint density at radius 2 is 1.84 bits per heavy atom. The Kier molecular flexibility index (Phi) is 8.27. The van der Waals surface area contributed by atoms with Crippen molar-refractivity contribution < 1.29 is 19.0 Å². The predicted octanol–water partition coefficient (Wildman–Crippen LogP) is 5.32. The number of carbonyl (C=O) groups excluding carboxylic acids is 1. The van der Waals surface area contributed by atoms with Crippen molar-refractivity contribution in [1.82, 2.24) is 9.80 Å². The highest BCUT2D eigenvalue weighted by atomic mass is 127. The van der Waals surface area contributed by atoms with Gasteiger partial charge >= 0.3 is 6.09 Å². The molecule has 1 atom stereocenters. The quantitative estimate of drug-likeness (QED) is 0.455. The maximum absolute atomic E-state index is 12.5. The molecule has 0 saturated carbocycles. The summed E-state index contributed by atoms with van der Waals surface area (Å²) < 4.78 is 18.3. The number of methoxy groups -OCH3 is 1. The normalized spacial score (nSPS) is 17.2. The molecule has 0 bridgehead atoms. The van der Waals surface area contributed by atoms with Crippen molar-refractivity contribution in [2.75, 3.05) is 26.7 Å². The van der Waals surface area contributed by atoms with E-state index in [-0.39, 0.29) is 12.1 Å². The van der Waals surface area contributed by atoms with E-state index in [4.69, 9.17) is 14.2 Å². The van der Waals surface area contributed by atoms with Crippen LogP contribution in [0.2, 0.25) is 0 Å². The number of hydrogen-bond acceptors (Lipinski definition) is 5. The zero-order chi connectivity index (χ0) is 23.3. The summed E-state index contributed by atoms with van der Waals surface area (Å²) in [5, 5.41) is 0. The third-order valence-electron chi connectivity index (χ3n) is 5.26. The summed E-state index contributed by atoms with van der Waals surface area (Å²) in [4.78, 5) is 16.7. The molecule has 0 aliphatic carbocycles. The Labute approximate surface area is 205 Å². The van der Waals surface area contributed by atoms with Gasteiger partial charge in [-0.25, -0.2) is 4.79 Å². The van der Waals surface area contributed by atoms with Gasteiger partial charge in [-0.15, -0.1) is 0 Å². The summed E-state index contributed by atoms with van der Waals surface area (Å²) in [5.74, 6) is 1.51. The maximum Gasteiger partial charge on any atom is 0.410 e. The number of ether oxygens (including phenoxy) is 3. The smallest absolute Gasteiger partial charge is 0.410 e. The highest BCUT2D eigenvalue weighted by Crippen LogP contribution is 2.35. The summed E-state index contributed by atoms with van der Waals surface area (Å²) in [6.07, 6.45) is -0.235. The van der Waals surface area contributed by atoms with Crippen LogP contribution in [0.5, 0.6) is 11.5 Å². The molecule has 0 aromatic heterocycles. The molecular weight excluding hydrogens is 519 g/mol. The Hall–Kier alpha value is -2.00. The van der Waals surface area contributed by atoms with Gasteiger partial charge in [0.1, 0.15) is 12.2 Å². The molecule has 0 spiro atoms. The van der Waals surface area contributed by atoms with Crippen LogP contribution in [0.1, 0.15) is 38.8 Å². The predicted molar refractivity (Wildman–Crippen MR) is 134 cm³/mol. The molecular formula is C25H33IN2O4. The van der Waals surface area contributed by atoms with Crippen molar-refractivity contribution >= 4 is 28.7 Å². The molecule has 1 heterocycles. The number of benzene rings is 2. The first-order chi connectivity index (χ1) is 15.2. The first-order valence-corrected chi connectivity index (χ1v) is 12.0. The second kappa shape index (κ2) is 10.7. The molecule has 2 aromatic carbocycles. The first-order valence-electron chi connectivity index (χ1n) is 10.9. The molecule has 1 aliphatic rings. The van der Waals surface area contributed by atoms with Gasteiger partial charge < -0.3 is 19.1 Å². The number of carbonyl (C=O) groups is 1. The number of hydrogen-bond donors (Lipinski definition) is 0. The van der Waals surface area contributed by atoms with Gasteiger partial charge in [-0.3, -0.25) is 4.90 Å². The van der Waals surface area contributed by atoms with Crippen molar-refractivity contribution in [3.63, 3.8) is 0 Å². The standard InChI is InChI=1S/C25H33IN2O4/c1-18-15-27(11-12-28(18)24(29)32-25(2,3)4)16-20-13-21(26)23(22(14-20)30-5)31-17-19-9-7-6-8-10-19/h6-10,13-14,18H,11-12,15-17H2,1-5H3/t18-/m1/s1. The van der Waals surface area contributed by atoms with Crippen LogP contribution < -0.4 is 9.47 Å². The third-order valence-corrected chi connectivity index (χ3v) is 6.06. The summed E-state index contributed by atoms with van der Waals surface area (Å²) in [6, 6.07) is 14.4. The lowest BCUT2D eigenvalue weighted by molar-refractivity contribution is 0.000553. The van der Waals surface area contributed by atoms with Crippen molar-refractivity contribution in [2.45, 2.75) is 52.5 Å². The molecule has 0 unspecified atom stereocenters. The highest BCUT2D eigenvalue weighted by molar-refractivity contribution is 14.1. The minimum atomic E-state index is -0.481. The molecule has 0 N–H and O–H groups in total. The Bertz CT molecular complexity index is 914. The van der Waals surface area contributed by atoms with E-state index in [1.54, 1.807) is 7.11 Å². The fourth-order valence-corrected chi connectivity index (χ4v) is 4.58. The van der Waals surface area contributed by atoms with Gasteiger partial charge in [0.05, 0.1) is 10.7 Å². The minimum Gasteiger partial charge on any atom is -0.493 e. The lowest BCUT2D eigenvalue weighted by atomic mass is 10.1. The van der Waals surface area contributed by atoms with E-state index in [1.165, 1.54) is 0 Å². The molecule has 1 saturated heterocycles. The number of nitrogens with zero attached hydrogens (tertiary/aromatic N) is 2. The van der Waals surface area contributed by atoms with Crippen LogP contribution in [0.3, 0.4) is 0 Å². The van der Waals surface area contributed by atoms with Crippen molar-refractivity contribution in [1.29, 1.82) is 0 Å². The molecule has 0 radical (unpaired) electrons. The van der Waals surface area contributed by atoms with E-state index in [0.29, 0.717) is 13.2 Å². The average Bonchev–Trinajstić information content (AvgIpc) is 2.72. The zero-order valence-corrected chi connectivity index (χ0v) is 21.7. The fourth-order valence-electron chi connectivity index (χ4n) is 3.76. The van der Waals surface area contributed by atoms with Gasteiger partial charge in [-0.05, 0) is 73.5 Å². The van der Waals surface area contributed by atoms with Crippen molar-refractivity contribution in [2.24, 2.45) is 0 Å². The summed E-state index contributed by atoms with van der Waals surface area (Å²) in [6.45, 7) is 11.3. The number of rotatable bonds is 6. The van der Waals surface area contributed by atoms with Crippen molar-refractivity contribution in [3.8, 4) is 11.5 Å². The van der Waals surface area contributed by atoms with Gasteiger partial charge in [0, 0.05) is 32.2 Å². The van der Waals surface area contributed by atoms with E-state index < -0.39 is 5.60 Å². The second-order valence-electron chi connectivity index (χ2n) is 9.14. The number of halogens is 1. The molecule has 1 amide bonds. The molecule has 2 aromatic rings. The number of amides is 1. The van der Waals surface area contributed by atoms with E-state index in [2.05, 4.69) is 40.5 Å². The van der Waals surface area contributed by atoms with Crippen LogP contribution in [0.15, 0.2) is 42.5 Å². The monoisotopic (exact) mass is 552 g/mol. The van der Waals surface area contributed by atoms with Gasteiger partial charge in [0.25, 0.3) is 0 Å². The molecule has 3 rings (SSSR count). The van der Waals surface area contributed by atoms with Crippen LogP contribution in [0, 0.1) is 3.57 Å². The lowest BCUT2D eigenvalue weighted by Crippen LogP contribution is -2.54. The van der Waals surface area contributed by atoms with E-state index in [9.17, 15) is 4.79 Å². The van der Waals surface area contributed by atoms with E-state index in [1.807, 2.05) is 62.1 Å². The Balaban J connectivity index is 1.63. The largest absolute Gasteiger partial charge is 0.493 e. The van der Waals surface area contributed by atoms with Gasteiger partial charge in [-0.2, -0.15) is 0 Å². The summed E-state index contributed by atoms with van der Waals surface area (Å²) in [5.41, 5.74) is 1.80. The van der Waals surface area contributed by atoms with Crippen LogP contribution in [-0.2, 0) is 17.9 Å². The average molecular weight is 552 g/mol. The van der Waals surface area contributed by atoms with Crippen LogP contribution in [-0.4, -0.2) is 54.3 Å². The SMILES string of the molecule is COc1cc(CN2CCN(C(=O)OC(C)(C)C)[C@H](C)C2)cc(I)c1OCc1ccccc1. The topological polar surface area (TPSA) is 51.2 Å². The molecule has 32 heavy (non-hydrogen) atoms. The Morgan fingerprint density at radius 3 is 2.47 bits per heavy atom. The lowest BCUT2D eigenvalue weighted by Gasteiger charge is -2.40. The van der Waals surface area contributed by atoms with Crippen LogP contribution in [0.4, 0.5) is 4.79 Å². The summed E-state index contributed by atoms with van der Waals surface area (Å²) in [7, 11) is 1.67. The zero-order valence-electron chi connectivity index (χ0n) is 19.6. The van der Waals surface area contributed by atoms with Crippen LogP contribution in [0.25, 0.3) is 0 Å². The minimum absolute atomic E-state index is 0.0908. The van der Waals surface area contributed by atoms with E-state index >= 15 is 0 Å².